The Hall–Kier alpha value is -3.14. The van der Waals surface area contributed by atoms with Crippen LogP contribution in [-0.2, 0) is 9.59 Å². The summed E-state index contributed by atoms with van der Waals surface area (Å²) in [5.41, 5.74) is -0.855. The van der Waals surface area contributed by atoms with E-state index < -0.39 is 23.2 Å². The average Bonchev–Trinajstić information content (AvgIpc) is 3.11. The number of nitrogens with zero attached hydrogens (tertiary/aromatic N) is 3. The molecule has 3 rings (SSSR count). The van der Waals surface area contributed by atoms with Gasteiger partial charge in [-0.2, -0.15) is 5.26 Å². The van der Waals surface area contributed by atoms with Gasteiger partial charge in [0.1, 0.15) is 5.41 Å². The molecule has 1 N–H and O–H groups in total. The molecule has 0 bridgehead atoms. The van der Waals surface area contributed by atoms with E-state index in [0.717, 1.165) is 0 Å². The zero-order valence-corrected chi connectivity index (χ0v) is 13.5. The number of likely N-dealkylation sites (tertiary alicyclic amines) is 2. The Kier molecular flexibility index (Phi) is 4.05. The van der Waals surface area contributed by atoms with Crippen molar-refractivity contribution in [3.63, 3.8) is 0 Å². The Morgan fingerprint density at radius 3 is 2.72 bits per heavy atom. The fraction of sp³-hybridized carbons (Fsp3) is 0.333. The number of carboxylic acid groups (broad SMARTS) is 1. The number of aliphatic carboxylic acids is 1. The van der Waals surface area contributed by atoms with Gasteiger partial charge in [0.05, 0.1) is 23.1 Å². The molecule has 0 saturated carbocycles. The lowest BCUT2D eigenvalue weighted by molar-refractivity contribution is -0.149. The fourth-order valence-electron chi connectivity index (χ4n) is 3.71. The van der Waals surface area contributed by atoms with Crippen molar-refractivity contribution in [3.8, 4) is 6.07 Å². The number of carbonyl (C=O) groups excluding carboxylic acids is 2. The fourth-order valence-corrected chi connectivity index (χ4v) is 3.71. The lowest BCUT2D eigenvalue weighted by atomic mass is 9.81. The van der Waals surface area contributed by atoms with Crippen LogP contribution in [0.3, 0.4) is 0 Å². The van der Waals surface area contributed by atoms with E-state index in [9.17, 15) is 19.5 Å². The second kappa shape index (κ2) is 6.06. The van der Waals surface area contributed by atoms with Gasteiger partial charge in [-0.25, -0.2) is 0 Å². The second-order valence-corrected chi connectivity index (χ2v) is 6.36. The summed E-state index contributed by atoms with van der Waals surface area (Å²) in [4.78, 5) is 40.1. The molecule has 2 aliphatic heterocycles. The Morgan fingerprint density at radius 2 is 2.12 bits per heavy atom. The zero-order valence-electron chi connectivity index (χ0n) is 13.5. The summed E-state index contributed by atoms with van der Waals surface area (Å²) < 4.78 is 0. The predicted molar refractivity (Wildman–Crippen MR) is 87.4 cm³/mol. The van der Waals surface area contributed by atoms with Crippen LogP contribution in [0.1, 0.15) is 15.9 Å². The maximum Gasteiger partial charge on any atom is 0.314 e. The largest absolute Gasteiger partial charge is 0.481 e. The van der Waals surface area contributed by atoms with Crippen molar-refractivity contribution in [2.24, 2.45) is 11.3 Å². The molecule has 0 aliphatic carbocycles. The minimum absolute atomic E-state index is 0.0391. The van der Waals surface area contributed by atoms with Crippen molar-refractivity contribution in [3.05, 3.63) is 48.0 Å². The van der Waals surface area contributed by atoms with E-state index in [4.69, 9.17) is 5.26 Å². The molecule has 25 heavy (non-hydrogen) atoms. The molecule has 2 atom stereocenters. The summed E-state index contributed by atoms with van der Waals surface area (Å²) in [5.74, 6) is -2.55. The third-order valence-corrected chi connectivity index (χ3v) is 4.97. The van der Waals surface area contributed by atoms with Gasteiger partial charge in [0.25, 0.3) is 5.91 Å². The van der Waals surface area contributed by atoms with Gasteiger partial charge in [-0.15, -0.1) is 6.58 Å². The van der Waals surface area contributed by atoms with Crippen molar-refractivity contribution >= 4 is 17.8 Å². The molecule has 0 spiro atoms. The Balaban J connectivity index is 1.91. The number of nitriles is 1. The molecule has 7 nitrogen and oxygen atoms in total. The molecule has 2 saturated heterocycles. The van der Waals surface area contributed by atoms with E-state index in [1.165, 1.54) is 21.9 Å². The normalized spacial score (nSPS) is 24.8. The first kappa shape index (κ1) is 16.7. The Bertz CT molecular complexity index is 813. The molecule has 1 aromatic rings. The Morgan fingerprint density at radius 1 is 1.40 bits per heavy atom. The van der Waals surface area contributed by atoms with Crippen LogP contribution in [0.4, 0.5) is 0 Å². The van der Waals surface area contributed by atoms with Gasteiger partial charge >= 0.3 is 5.97 Å². The number of fused-ring (bicyclic) bond motifs is 1. The number of benzene rings is 1. The number of amides is 2. The SMILES string of the molecule is C=CCN1C[C@@]2(C(=O)O)CN(C(=O)c3ccccc3C#N)C[C@H]2C1=O. The van der Waals surface area contributed by atoms with E-state index in [0.29, 0.717) is 0 Å². The quantitative estimate of drug-likeness (QED) is 0.815. The first-order valence-corrected chi connectivity index (χ1v) is 7.86. The van der Waals surface area contributed by atoms with Crippen LogP contribution in [0.5, 0.6) is 0 Å². The zero-order chi connectivity index (χ0) is 18.2. The second-order valence-electron chi connectivity index (χ2n) is 6.36. The highest BCUT2D eigenvalue weighted by molar-refractivity contribution is 5.99. The molecule has 2 amide bonds. The van der Waals surface area contributed by atoms with Crippen molar-refractivity contribution in [2.45, 2.75) is 0 Å². The summed E-state index contributed by atoms with van der Waals surface area (Å²) in [6, 6.07) is 8.34. The summed E-state index contributed by atoms with van der Waals surface area (Å²) in [5, 5.41) is 18.9. The van der Waals surface area contributed by atoms with Crippen molar-refractivity contribution in [2.75, 3.05) is 26.2 Å². The molecule has 0 aromatic heterocycles. The third-order valence-electron chi connectivity index (χ3n) is 4.97. The van der Waals surface area contributed by atoms with Crippen LogP contribution in [0.15, 0.2) is 36.9 Å². The van der Waals surface area contributed by atoms with Crippen LogP contribution in [-0.4, -0.2) is 58.9 Å². The van der Waals surface area contributed by atoms with Gasteiger partial charge in [0.2, 0.25) is 5.91 Å². The van der Waals surface area contributed by atoms with Crippen molar-refractivity contribution in [1.82, 2.24) is 9.80 Å². The minimum Gasteiger partial charge on any atom is -0.481 e. The number of rotatable bonds is 4. The number of carbonyl (C=O) groups is 3. The van der Waals surface area contributed by atoms with Crippen molar-refractivity contribution in [1.29, 1.82) is 5.26 Å². The predicted octanol–water partition coefficient (Wildman–Crippen LogP) is 0.729. The highest BCUT2D eigenvalue weighted by atomic mass is 16.4. The van der Waals surface area contributed by atoms with Gasteiger partial charge in [-0.05, 0) is 12.1 Å². The van der Waals surface area contributed by atoms with Gasteiger partial charge in [0, 0.05) is 26.2 Å². The summed E-state index contributed by atoms with van der Waals surface area (Å²) in [6.45, 7) is 3.92. The lowest BCUT2D eigenvalue weighted by Gasteiger charge is -2.25. The van der Waals surface area contributed by atoms with Gasteiger partial charge in [0.15, 0.2) is 0 Å². The van der Waals surface area contributed by atoms with Gasteiger partial charge in [-0.1, -0.05) is 18.2 Å². The van der Waals surface area contributed by atoms with E-state index in [-0.39, 0.29) is 43.2 Å². The van der Waals surface area contributed by atoms with Crippen LogP contribution in [0, 0.1) is 22.7 Å². The number of hydrogen-bond acceptors (Lipinski definition) is 4. The smallest absolute Gasteiger partial charge is 0.314 e. The first-order chi connectivity index (χ1) is 11.9. The van der Waals surface area contributed by atoms with Crippen LogP contribution >= 0.6 is 0 Å². The van der Waals surface area contributed by atoms with E-state index in [1.807, 2.05) is 6.07 Å². The van der Waals surface area contributed by atoms with Crippen LogP contribution < -0.4 is 0 Å². The molecular weight excluding hydrogens is 322 g/mol. The molecule has 128 valence electrons. The van der Waals surface area contributed by atoms with Gasteiger partial charge in [-0.3, -0.25) is 14.4 Å². The molecule has 7 heteroatoms. The number of carboxylic acids is 1. The number of hydrogen-bond donors (Lipinski definition) is 1. The summed E-state index contributed by atoms with van der Waals surface area (Å²) >= 11 is 0. The molecular formula is C18H17N3O4. The lowest BCUT2D eigenvalue weighted by Crippen LogP contribution is -2.42. The van der Waals surface area contributed by atoms with Crippen LogP contribution in [0.2, 0.25) is 0 Å². The van der Waals surface area contributed by atoms with E-state index in [2.05, 4.69) is 6.58 Å². The minimum atomic E-state index is -1.31. The Labute approximate surface area is 144 Å². The molecule has 0 unspecified atom stereocenters. The molecule has 1 aromatic carbocycles. The average molecular weight is 339 g/mol. The standard InChI is InChI=1S/C18H17N3O4/c1-2-7-20-10-18(17(24)25)11-21(9-14(18)16(20)23)15(22)13-6-4-3-5-12(13)8-19/h2-6,14H,1,7,9-11H2,(H,24,25)/t14-,18+/m0/s1. The van der Waals surface area contributed by atoms with Crippen LogP contribution in [0.25, 0.3) is 0 Å². The van der Waals surface area contributed by atoms with Gasteiger partial charge < -0.3 is 14.9 Å². The topological polar surface area (TPSA) is 102 Å². The first-order valence-electron chi connectivity index (χ1n) is 7.86. The molecule has 2 fully saturated rings. The molecule has 2 aliphatic rings. The summed E-state index contributed by atoms with van der Waals surface area (Å²) in [7, 11) is 0. The monoisotopic (exact) mass is 339 g/mol. The third kappa shape index (κ3) is 2.47. The summed E-state index contributed by atoms with van der Waals surface area (Å²) in [6.07, 6.45) is 1.56. The highest BCUT2D eigenvalue weighted by Crippen LogP contribution is 2.44. The molecule has 0 radical (unpaired) electrons. The maximum atomic E-state index is 12.8. The maximum absolute atomic E-state index is 12.8. The van der Waals surface area contributed by atoms with Crippen molar-refractivity contribution < 1.29 is 19.5 Å². The highest BCUT2D eigenvalue weighted by Gasteiger charge is 2.62. The van der Waals surface area contributed by atoms with E-state index >= 15 is 0 Å². The van der Waals surface area contributed by atoms with E-state index in [1.54, 1.807) is 18.2 Å². The molecule has 2 heterocycles.